The van der Waals surface area contributed by atoms with Crippen molar-refractivity contribution in [3.05, 3.63) is 29.8 Å². The van der Waals surface area contributed by atoms with Crippen LogP contribution in [0.4, 0.5) is 4.79 Å². The zero-order chi connectivity index (χ0) is 17.5. The van der Waals surface area contributed by atoms with Gasteiger partial charge in [-0.1, -0.05) is 18.2 Å². The maximum atomic E-state index is 12.1. The van der Waals surface area contributed by atoms with Gasteiger partial charge in [0.15, 0.2) is 0 Å². The number of aryl methyl sites for hydroxylation is 1. The molecule has 1 heterocycles. The second-order valence-corrected chi connectivity index (χ2v) is 6.37. The minimum absolute atomic E-state index is 0.0861. The van der Waals surface area contributed by atoms with Gasteiger partial charge in [-0.15, -0.1) is 0 Å². The SMILES string of the molecule is COc1ccccc1CCCNC(=O)N(C)C[C@H]1CC(=O)N(C)C1. The number of hydrogen-bond donors (Lipinski definition) is 1. The van der Waals surface area contributed by atoms with Gasteiger partial charge >= 0.3 is 6.03 Å². The van der Waals surface area contributed by atoms with Crippen molar-refractivity contribution in [3.8, 4) is 5.75 Å². The van der Waals surface area contributed by atoms with Crippen LogP contribution in [0.3, 0.4) is 0 Å². The summed E-state index contributed by atoms with van der Waals surface area (Å²) in [6.45, 7) is 1.95. The molecular weight excluding hydrogens is 306 g/mol. The lowest BCUT2D eigenvalue weighted by Crippen LogP contribution is -2.40. The molecule has 0 aliphatic carbocycles. The van der Waals surface area contributed by atoms with Crippen molar-refractivity contribution in [2.45, 2.75) is 19.3 Å². The van der Waals surface area contributed by atoms with Crippen LogP contribution in [-0.4, -0.2) is 62.6 Å². The molecule has 0 unspecified atom stereocenters. The second-order valence-electron chi connectivity index (χ2n) is 6.37. The van der Waals surface area contributed by atoms with Crippen molar-refractivity contribution in [2.75, 3.05) is 40.8 Å². The van der Waals surface area contributed by atoms with Crippen molar-refractivity contribution in [2.24, 2.45) is 5.92 Å². The highest BCUT2D eigenvalue weighted by atomic mass is 16.5. The molecule has 1 fully saturated rings. The third kappa shape index (κ3) is 4.88. The van der Waals surface area contributed by atoms with Gasteiger partial charge in [0.25, 0.3) is 0 Å². The molecule has 132 valence electrons. The van der Waals surface area contributed by atoms with Crippen LogP contribution in [0.15, 0.2) is 24.3 Å². The summed E-state index contributed by atoms with van der Waals surface area (Å²) in [6, 6.07) is 7.84. The largest absolute Gasteiger partial charge is 0.496 e. The highest BCUT2D eigenvalue weighted by Gasteiger charge is 2.28. The molecule has 0 aromatic heterocycles. The standard InChI is InChI=1S/C18H27N3O3/c1-20-12-14(11-17(20)22)13-21(2)18(23)19-10-6-8-15-7-4-5-9-16(15)24-3/h4-5,7,9,14H,6,8,10-13H2,1-3H3,(H,19,23)/t14-/m0/s1. The summed E-state index contributed by atoms with van der Waals surface area (Å²) in [4.78, 5) is 27.0. The molecular formula is C18H27N3O3. The zero-order valence-corrected chi connectivity index (χ0v) is 14.7. The molecule has 0 radical (unpaired) electrons. The van der Waals surface area contributed by atoms with E-state index in [2.05, 4.69) is 5.32 Å². The topological polar surface area (TPSA) is 61.9 Å². The number of carbonyl (C=O) groups excluding carboxylic acids is 2. The first-order valence-corrected chi connectivity index (χ1v) is 8.36. The lowest BCUT2D eigenvalue weighted by Gasteiger charge is -2.21. The van der Waals surface area contributed by atoms with E-state index in [0.29, 0.717) is 19.5 Å². The molecule has 1 aromatic carbocycles. The minimum atomic E-state index is -0.0861. The Morgan fingerprint density at radius 1 is 1.42 bits per heavy atom. The molecule has 6 heteroatoms. The van der Waals surface area contributed by atoms with Gasteiger partial charge in [-0.2, -0.15) is 0 Å². The highest BCUT2D eigenvalue weighted by molar-refractivity contribution is 5.78. The number of likely N-dealkylation sites (tertiary alicyclic amines) is 1. The number of ether oxygens (including phenoxy) is 1. The maximum absolute atomic E-state index is 12.1. The van der Waals surface area contributed by atoms with Crippen molar-refractivity contribution >= 4 is 11.9 Å². The number of benzene rings is 1. The van der Waals surface area contributed by atoms with Crippen LogP contribution >= 0.6 is 0 Å². The van der Waals surface area contributed by atoms with Crippen LogP contribution in [0.1, 0.15) is 18.4 Å². The van der Waals surface area contributed by atoms with Gasteiger partial charge in [0.2, 0.25) is 5.91 Å². The molecule has 0 spiro atoms. The van der Waals surface area contributed by atoms with Crippen molar-refractivity contribution in [3.63, 3.8) is 0 Å². The number of rotatable bonds is 7. The Balaban J connectivity index is 1.68. The normalized spacial score (nSPS) is 17.0. The van der Waals surface area contributed by atoms with E-state index in [1.807, 2.05) is 24.3 Å². The minimum Gasteiger partial charge on any atom is -0.496 e. The number of para-hydroxylation sites is 1. The summed E-state index contributed by atoms with van der Waals surface area (Å²) >= 11 is 0. The monoisotopic (exact) mass is 333 g/mol. The van der Waals surface area contributed by atoms with Crippen LogP contribution < -0.4 is 10.1 Å². The zero-order valence-electron chi connectivity index (χ0n) is 14.7. The van der Waals surface area contributed by atoms with E-state index in [-0.39, 0.29) is 17.9 Å². The molecule has 1 saturated heterocycles. The van der Waals surface area contributed by atoms with Crippen LogP contribution in [0.25, 0.3) is 0 Å². The molecule has 2 rings (SSSR count). The fraction of sp³-hybridized carbons (Fsp3) is 0.556. The van der Waals surface area contributed by atoms with E-state index < -0.39 is 0 Å². The van der Waals surface area contributed by atoms with Gasteiger partial charge < -0.3 is 19.9 Å². The summed E-state index contributed by atoms with van der Waals surface area (Å²) < 4.78 is 5.33. The lowest BCUT2D eigenvalue weighted by molar-refractivity contribution is -0.126. The average molecular weight is 333 g/mol. The Bertz CT molecular complexity index is 576. The first-order valence-electron chi connectivity index (χ1n) is 8.36. The molecule has 6 nitrogen and oxygen atoms in total. The number of methoxy groups -OCH3 is 1. The van der Waals surface area contributed by atoms with E-state index in [4.69, 9.17) is 4.74 Å². The first-order chi connectivity index (χ1) is 11.5. The van der Waals surface area contributed by atoms with Gasteiger partial charge in [0, 0.05) is 46.1 Å². The van der Waals surface area contributed by atoms with Gasteiger partial charge in [0.1, 0.15) is 5.75 Å². The first kappa shape index (κ1) is 18.1. The number of nitrogens with zero attached hydrogens (tertiary/aromatic N) is 2. The number of urea groups is 1. The van der Waals surface area contributed by atoms with Crippen LogP contribution in [0, 0.1) is 5.92 Å². The van der Waals surface area contributed by atoms with Gasteiger partial charge in [0.05, 0.1) is 7.11 Å². The summed E-state index contributed by atoms with van der Waals surface area (Å²) in [6.07, 6.45) is 2.24. The highest BCUT2D eigenvalue weighted by Crippen LogP contribution is 2.19. The number of amides is 3. The van der Waals surface area contributed by atoms with Crippen LogP contribution in [0.2, 0.25) is 0 Å². The van der Waals surface area contributed by atoms with E-state index in [9.17, 15) is 9.59 Å². The quantitative estimate of drug-likeness (QED) is 0.773. The molecule has 1 aliphatic heterocycles. The van der Waals surface area contributed by atoms with Crippen LogP contribution in [0.5, 0.6) is 5.75 Å². The summed E-state index contributed by atoms with van der Waals surface area (Å²) in [5, 5.41) is 2.93. The number of nitrogens with one attached hydrogen (secondary N) is 1. The molecule has 1 aromatic rings. The maximum Gasteiger partial charge on any atom is 0.317 e. The van der Waals surface area contributed by atoms with Crippen molar-refractivity contribution in [1.82, 2.24) is 15.1 Å². The number of hydrogen-bond acceptors (Lipinski definition) is 3. The summed E-state index contributed by atoms with van der Waals surface area (Å²) in [5.74, 6) is 1.27. The Kier molecular flexibility index (Phi) is 6.46. The predicted octanol–water partition coefficient (Wildman–Crippen LogP) is 1.75. The van der Waals surface area contributed by atoms with E-state index in [1.54, 1.807) is 31.0 Å². The van der Waals surface area contributed by atoms with E-state index >= 15 is 0 Å². The van der Waals surface area contributed by atoms with Gasteiger partial charge in [-0.25, -0.2) is 4.79 Å². The second kappa shape index (κ2) is 8.57. The fourth-order valence-electron chi connectivity index (χ4n) is 3.07. The smallest absolute Gasteiger partial charge is 0.317 e. The fourth-order valence-corrected chi connectivity index (χ4v) is 3.07. The van der Waals surface area contributed by atoms with E-state index in [0.717, 1.165) is 30.7 Å². The third-order valence-corrected chi connectivity index (χ3v) is 4.39. The lowest BCUT2D eigenvalue weighted by atomic mass is 10.1. The Morgan fingerprint density at radius 3 is 2.83 bits per heavy atom. The average Bonchev–Trinajstić information content (AvgIpc) is 2.89. The van der Waals surface area contributed by atoms with Crippen molar-refractivity contribution < 1.29 is 14.3 Å². The molecule has 1 atom stereocenters. The number of carbonyl (C=O) groups is 2. The molecule has 1 aliphatic rings. The molecule has 0 bridgehead atoms. The third-order valence-electron chi connectivity index (χ3n) is 4.39. The van der Waals surface area contributed by atoms with Gasteiger partial charge in [-0.3, -0.25) is 4.79 Å². The molecule has 3 amide bonds. The summed E-state index contributed by atoms with van der Waals surface area (Å²) in [5.41, 5.74) is 1.15. The van der Waals surface area contributed by atoms with Crippen LogP contribution in [-0.2, 0) is 11.2 Å². The van der Waals surface area contributed by atoms with Gasteiger partial charge in [-0.05, 0) is 24.5 Å². The molecule has 24 heavy (non-hydrogen) atoms. The summed E-state index contributed by atoms with van der Waals surface area (Å²) in [7, 11) is 5.25. The predicted molar refractivity (Wildman–Crippen MR) is 93.1 cm³/mol. The Morgan fingerprint density at radius 2 is 2.17 bits per heavy atom. The van der Waals surface area contributed by atoms with E-state index in [1.165, 1.54) is 0 Å². The molecule has 1 N–H and O–H groups in total. The Hall–Kier alpha value is -2.24. The molecule has 0 saturated carbocycles. The van der Waals surface area contributed by atoms with Crippen molar-refractivity contribution in [1.29, 1.82) is 0 Å². The Labute approximate surface area is 143 Å².